The average molecular weight is 271 g/mol. The summed E-state index contributed by atoms with van der Waals surface area (Å²) in [5.74, 6) is 2.16. The highest BCUT2D eigenvalue weighted by atomic mass is 32.2. The Morgan fingerprint density at radius 2 is 2.18 bits per heavy atom. The molecule has 94 valence electrons. The van der Waals surface area contributed by atoms with Crippen molar-refractivity contribution in [3.63, 3.8) is 0 Å². The third-order valence-corrected chi connectivity index (χ3v) is 6.45. The van der Waals surface area contributed by atoms with Crippen LogP contribution in [0.25, 0.3) is 0 Å². The van der Waals surface area contributed by atoms with E-state index >= 15 is 0 Å². The van der Waals surface area contributed by atoms with E-state index < -0.39 is 0 Å². The van der Waals surface area contributed by atoms with Gasteiger partial charge in [-0.1, -0.05) is 19.1 Å². The highest BCUT2D eigenvalue weighted by Gasteiger charge is 2.30. The van der Waals surface area contributed by atoms with Gasteiger partial charge in [0, 0.05) is 28.0 Å². The lowest BCUT2D eigenvalue weighted by Gasteiger charge is -2.34. The van der Waals surface area contributed by atoms with E-state index in [9.17, 15) is 4.39 Å². The molecule has 0 amide bonds. The molecule has 1 aliphatic rings. The molecule has 0 aromatic heterocycles. The Bertz CT molecular complexity index is 372. The second-order valence-corrected chi connectivity index (χ2v) is 6.87. The first-order chi connectivity index (χ1) is 8.22. The van der Waals surface area contributed by atoms with E-state index in [-0.39, 0.29) is 11.9 Å². The summed E-state index contributed by atoms with van der Waals surface area (Å²) in [6.45, 7) is 2.20. The maximum Gasteiger partial charge on any atom is 0.123 e. The fraction of sp³-hybridized carbons (Fsp3) is 0.538. The molecule has 3 unspecified atom stereocenters. The third-order valence-electron chi connectivity index (χ3n) is 3.08. The van der Waals surface area contributed by atoms with Gasteiger partial charge in [0.1, 0.15) is 5.82 Å². The molecule has 1 aromatic rings. The molecular formula is C13H18FNS2. The van der Waals surface area contributed by atoms with Crippen LogP contribution in [0.15, 0.2) is 24.3 Å². The Hall–Kier alpha value is -0.190. The molecule has 0 radical (unpaired) electrons. The van der Waals surface area contributed by atoms with Gasteiger partial charge in [0.2, 0.25) is 0 Å². The molecule has 17 heavy (non-hydrogen) atoms. The summed E-state index contributed by atoms with van der Waals surface area (Å²) in [5, 5.41) is 0.993. The van der Waals surface area contributed by atoms with Crippen LogP contribution in [0.2, 0.25) is 0 Å². The topological polar surface area (TPSA) is 26.0 Å². The average Bonchev–Trinajstić information content (AvgIpc) is 2.38. The number of halogens is 1. The van der Waals surface area contributed by atoms with Crippen molar-refractivity contribution in [2.24, 2.45) is 5.73 Å². The van der Waals surface area contributed by atoms with Crippen molar-refractivity contribution in [2.75, 3.05) is 11.5 Å². The molecule has 3 atom stereocenters. The highest BCUT2D eigenvalue weighted by Crippen LogP contribution is 2.39. The molecule has 2 N–H and O–H groups in total. The predicted molar refractivity (Wildman–Crippen MR) is 76.1 cm³/mol. The Kier molecular flexibility index (Phi) is 4.77. The minimum Gasteiger partial charge on any atom is -0.323 e. The Labute approximate surface area is 111 Å². The van der Waals surface area contributed by atoms with E-state index in [1.54, 1.807) is 12.1 Å². The van der Waals surface area contributed by atoms with Crippen molar-refractivity contribution >= 4 is 23.5 Å². The molecule has 0 bridgehead atoms. The van der Waals surface area contributed by atoms with Crippen molar-refractivity contribution < 1.29 is 4.39 Å². The third kappa shape index (κ3) is 3.18. The van der Waals surface area contributed by atoms with Crippen molar-refractivity contribution in [3.8, 4) is 0 Å². The van der Waals surface area contributed by atoms with Gasteiger partial charge in [0.25, 0.3) is 0 Å². The molecule has 0 saturated carbocycles. The van der Waals surface area contributed by atoms with E-state index in [0.717, 1.165) is 17.7 Å². The lowest BCUT2D eigenvalue weighted by Crippen LogP contribution is -2.35. The number of nitrogens with two attached hydrogens (primary N) is 1. The molecule has 1 nitrogen and oxygen atoms in total. The predicted octanol–water partition coefficient (Wildman–Crippen LogP) is 3.45. The molecule has 1 aliphatic heterocycles. The molecular weight excluding hydrogens is 253 g/mol. The van der Waals surface area contributed by atoms with Crippen LogP contribution in [0.4, 0.5) is 4.39 Å². The largest absolute Gasteiger partial charge is 0.323 e. The lowest BCUT2D eigenvalue weighted by molar-refractivity contribution is 0.604. The van der Waals surface area contributed by atoms with Gasteiger partial charge >= 0.3 is 0 Å². The Morgan fingerprint density at radius 3 is 2.88 bits per heavy atom. The summed E-state index contributed by atoms with van der Waals surface area (Å²) in [5.41, 5.74) is 7.22. The molecule has 1 fully saturated rings. The highest BCUT2D eigenvalue weighted by molar-refractivity contribution is 8.07. The van der Waals surface area contributed by atoms with Crippen molar-refractivity contribution in [3.05, 3.63) is 35.6 Å². The summed E-state index contributed by atoms with van der Waals surface area (Å²) in [4.78, 5) is 0. The lowest BCUT2D eigenvalue weighted by atomic mass is 10.0. The normalized spacial score (nSPS) is 26.8. The number of hydrogen-bond acceptors (Lipinski definition) is 3. The zero-order chi connectivity index (χ0) is 12.3. The minimum atomic E-state index is -0.195. The second-order valence-electron chi connectivity index (χ2n) is 4.23. The first kappa shape index (κ1) is 13.2. The van der Waals surface area contributed by atoms with Gasteiger partial charge < -0.3 is 5.73 Å². The van der Waals surface area contributed by atoms with Gasteiger partial charge in [-0.3, -0.25) is 0 Å². The molecule has 4 heteroatoms. The molecule has 0 aliphatic carbocycles. The zero-order valence-electron chi connectivity index (χ0n) is 9.93. The fourth-order valence-corrected chi connectivity index (χ4v) is 5.36. The van der Waals surface area contributed by atoms with Crippen molar-refractivity contribution in [1.29, 1.82) is 0 Å². The Morgan fingerprint density at radius 1 is 1.41 bits per heavy atom. The molecule has 1 heterocycles. The van der Waals surface area contributed by atoms with Crippen LogP contribution in [-0.4, -0.2) is 22.0 Å². The first-order valence-electron chi connectivity index (χ1n) is 5.96. The van der Waals surface area contributed by atoms with Gasteiger partial charge in [-0.2, -0.15) is 23.5 Å². The molecule has 1 aromatic carbocycles. The van der Waals surface area contributed by atoms with Gasteiger partial charge in [-0.25, -0.2) is 4.39 Å². The second kappa shape index (κ2) is 6.12. The van der Waals surface area contributed by atoms with E-state index in [1.165, 1.54) is 11.8 Å². The van der Waals surface area contributed by atoms with E-state index in [1.807, 2.05) is 29.6 Å². The van der Waals surface area contributed by atoms with Crippen LogP contribution < -0.4 is 5.73 Å². The summed E-state index contributed by atoms with van der Waals surface area (Å²) < 4.78 is 13.2. The van der Waals surface area contributed by atoms with Gasteiger partial charge in [0.15, 0.2) is 0 Å². The maximum atomic E-state index is 13.2. The summed E-state index contributed by atoms with van der Waals surface area (Å²) in [6, 6.07) is 6.65. The fourth-order valence-electron chi connectivity index (χ4n) is 2.17. The standard InChI is InChI=1S/C13H18FNS2/c1-2-11-13(17-7-6-16-11)12(15)9-4-3-5-10(14)8-9/h3-5,8,11-13H,2,6-7,15H2,1H3. The number of thioether (sulfide) groups is 2. The zero-order valence-corrected chi connectivity index (χ0v) is 11.6. The van der Waals surface area contributed by atoms with Crippen molar-refractivity contribution in [2.45, 2.75) is 29.9 Å². The first-order valence-corrected chi connectivity index (χ1v) is 8.06. The van der Waals surface area contributed by atoms with Crippen LogP contribution in [0.1, 0.15) is 24.9 Å². The van der Waals surface area contributed by atoms with Crippen molar-refractivity contribution in [1.82, 2.24) is 0 Å². The maximum absolute atomic E-state index is 13.2. The summed E-state index contributed by atoms with van der Waals surface area (Å²) in [6.07, 6.45) is 1.13. The quantitative estimate of drug-likeness (QED) is 0.912. The van der Waals surface area contributed by atoms with Crippen LogP contribution >= 0.6 is 23.5 Å². The van der Waals surface area contributed by atoms with Gasteiger partial charge in [-0.05, 0) is 24.1 Å². The summed E-state index contributed by atoms with van der Waals surface area (Å²) >= 11 is 3.94. The molecule has 0 spiro atoms. The SMILES string of the molecule is CCC1SCCSC1C(N)c1cccc(F)c1. The van der Waals surface area contributed by atoms with Crippen LogP contribution in [-0.2, 0) is 0 Å². The molecule has 1 saturated heterocycles. The Balaban J connectivity index is 2.15. The van der Waals surface area contributed by atoms with Gasteiger partial charge in [-0.15, -0.1) is 0 Å². The monoisotopic (exact) mass is 271 g/mol. The van der Waals surface area contributed by atoms with Crippen LogP contribution in [0.5, 0.6) is 0 Å². The van der Waals surface area contributed by atoms with E-state index in [4.69, 9.17) is 5.73 Å². The number of hydrogen-bond donors (Lipinski definition) is 1. The smallest absolute Gasteiger partial charge is 0.123 e. The van der Waals surface area contributed by atoms with E-state index in [0.29, 0.717) is 10.5 Å². The molecule has 2 rings (SSSR count). The van der Waals surface area contributed by atoms with Gasteiger partial charge in [0.05, 0.1) is 0 Å². The summed E-state index contributed by atoms with van der Waals surface area (Å²) in [7, 11) is 0. The number of benzene rings is 1. The van der Waals surface area contributed by atoms with Crippen LogP contribution in [0.3, 0.4) is 0 Å². The minimum absolute atomic E-state index is 0.0616. The number of rotatable bonds is 3. The van der Waals surface area contributed by atoms with E-state index in [2.05, 4.69) is 6.92 Å². The van der Waals surface area contributed by atoms with Crippen LogP contribution in [0, 0.1) is 5.82 Å².